The van der Waals surface area contributed by atoms with E-state index < -0.39 is 0 Å². The van der Waals surface area contributed by atoms with E-state index in [2.05, 4.69) is 26.0 Å². The van der Waals surface area contributed by atoms with Gasteiger partial charge >= 0.3 is 0 Å². The van der Waals surface area contributed by atoms with Crippen LogP contribution in [0.2, 0.25) is 0 Å². The molecule has 4 unspecified atom stereocenters. The van der Waals surface area contributed by atoms with Crippen molar-refractivity contribution in [1.82, 2.24) is 0 Å². The highest BCUT2D eigenvalue weighted by atomic mass is 33.1. The lowest BCUT2D eigenvalue weighted by Gasteiger charge is -2.32. The van der Waals surface area contributed by atoms with E-state index in [1.54, 1.807) is 12.5 Å². The van der Waals surface area contributed by atoms with E-state index >= 15 is 0 Å². The van der Waals surface area contributed by atoms with Crippen molar-refractivity contribution in [2.24, 2.45) is 0 Å². The predicted molar refractivity (Wildman–Crippen MR) is 105 cm³/mol. The van der Waals surface area contributed by atoms with Crippen molar-refractivity contribution in [1.29, 1.82) is 0 Å². The van der Waals surface area contributed by atoms with Crippen molar-refractivity contribution in [2.75, 3.05) is 0 Å². The quantitative estimate of drug-likeness (QED) is 0.591. The van der Waals surface area contributed by atoms with E-state index in [9.17, 15) is 0 Å². The maximum atomic E-state index is 5.94. The summed E-state index contributed by atoms with van der Waals surface area (Å²) in [5, 5.41) is 0.471. The molecule has 138 valence electrons. The Kier molecular flexibility index (Phi) is 4.88. The van der Waals surface area contributed by atoms with Gasteiger partial charge in [-0.3, -0.25) is 0 Å². The average Bonchev–Trinajstić information content (AvgIpc) is 3.37. The Labute approximate surface area is 161 Å². The molecule has 0 radical (unpaired) electrons. The van der Waals surface area contributed by atoms with Gasteiger partial charge < -0.3 is 18.3 Å². The third kappa shape index (κ3) is 3.58. The topological polar surface area (TPSA) is 44.7 Å². The van der Waals surface area contributed by atoms with Crippen LogP contribution in [0.25, 0.3) is 0 Å². The van der Waals surface area contributed by atoms with Gasteiger partial charge in [-0.15, -0.1) is 0 Å². The third-order valence-corrected chi connectivity index (χ3v) is 8.27. The van der Waals surface area contributed by atoms with Gasteiger partial charge in [-0.05, 0) is 50.3 Å². The maximum Gasteiger partial charge on any atom is 0.129 e. The second-order valence-corrected chi connectivity index (χ2v) is 9.62. The van der Waals surface area contributed by atoms with E-state index in [0.717, 1.165) is 24.4 Å². The van der Waals surface area contributed by atoms with Gasteiger partial charge in [0.2, 0.25) is 0 Å². The molecule has 0 fully saturated rings. The van der Waals surface area contributed by atoms with Gasteiger partial charge in [-0.1, -0.05) is 21.6 Å². The Morgan fingerprint density at radius 1 is 0.808 bits per heavy atom. The van der Waals surface area contributed by atoms with Gasteiger partial charge in [0, 0.05) is 12.8 Å². The fourth-order valence-corrected chi connectivity index (χ4v) is 6.77. The molecule has 2 aliphatic heterocycles. The van der Waals surface area contributed by atoms with Gasteiger partial charge in [0.25, 0.3) is 0 Å². The lowest BCUT2D eigenvalue weighted by molar-refractivity contribution is 0.0619. The molecule has 2 aromatic rings. The minimum absolute atomic E-state index is 0.236. The van der Waals surface area contributed by atoms with Crippen molar-refractivity contribution in [3.8, 4) is 0 Å². The molecule has 6 heteroatoms. The highest BCUT2D eigenvalue weighted by Crippen LogP contribution is 2.47. The summed E-state index contributed by atoms with van der Waals surface area (Å²) in [7, 11) is 3.65. The molecule has 2 aromatic heterocycles. The summed E-state index contributed by atoms with van der Waals surface area (Å²) in [5.74, 6) is 1.89. The second kappa shape index (κ2) is 7.16. The molecule has 2 aliphatic rings. The number of ether oxygens (including phenoxy) is 2. The van der Waals surface area contributed by atoms with E-state index in [0.29, 0.717) is 0 Å². The van der Waals surface area contributed by atoms with Crippen LogP contribution in [0, 0.1) is 0 Å². The van der Waals surface area contributed by atoms with Crippen LogP contribution < -0.4 is 0 Å². The minimum Gasteiger partial charge on any atom is -0.493 e. The van der Waals surface area contributed by atoms with Crippen LogP contribution in [0.5, 0.6) is 0 Å². The van der Waals surface area contributed by atoms with E-state index in [1.165, 1.54) is 0 Å². The van der Waals surface area contributed by atoms with Crippen molar-refractivity contribution in [2.45, 2.75) is 48.4 Å². The standard InChI is InChI=1S/C20H22O4S2/c1-19(13-15-5-3-9-21-15)17(7-11-23-19)25-26-18-8-12-24-20(18,2)14-16-6-4-10-22-16/h3-12,17-18H,13-14H2,1-2H3. The fourth-order valence-electron chi connectivity index (χ4n) is 3.26. The molecule has 0 amide bonds. The molecule has 0 aliphatic carbocycles. The summed E-state index contributed by atoms with van der Waals surface area (Å²) in [6, 6.07) is 7.82. The molecule has 4 rings (SSSR count). The van der Waals surface area contributed by atoms with Crippen LogP contribution in [0.4, 0.5) is 0 Å². The first-order valence-electron chi connectivity index (χ1n) is 8.63. The fraction of sp³-hybridized carbons (Fsp3) is 0.400. The van der Waals surface area contributed by atoms with Crippen LogP contribution >= 0.6 is 21.6 Å². The van der Waals surface area contributed by atoms with Gasteiger partial charge in [0.1, 0.15) is 22.7 Å². The van der Waals surface area contributed by atoms with Gasteiger partial charge in [0.05, 0.1) is 35.6 Å². The largest absolute Gasteiger partial charge is 0.493 e. The molecule has 0 N–H and O–H groups in total. The van der Waals surface area contributed by atoms with Crippen LogP contribution in [-0.4, -0.2) is 21.7 Å². The summed E-state index contributed by atoms with van der Waals surface area (Å²) < 4.78 is 22.9. The molecular formula is C20H22O4S2. The van der Waals surface area contributed by atoms with Crippen molar-refractivity contribution in [3.63, 3.8) is 0 Å². The smallest absolute Gasteiger partial charge is 0.129 e. The number of hydrogen-bond acceptors (Lipinski definition) is 6. The zero-order valence-corrected chi connectivity index (χ0v) is 16.4. The van der Waals surface area contributed by atoms with E-state index in [-0.39, 0.29) is 21.7 Å². The second-order valence-electron chi connectivity index (χ2n) is 7.06. The number of rotatable bonds is 7. The van der Waals surface area contributed by atoms with Crippen LogP contribution in [0.15, 0.2) is 70.3 Å². The van der Waals surface area contributed by atoms with Crippen LogP contribution in [0.3, 0.4) is 0 Å². The summed E-state index contributed by atoms with van der Waals surface area (Å²) in [6.07, 6.45) is 12.8. The molecule has 0 aromatic carbocycles. The van der Waals surface area contributed by atoms with Gasteiger partial charge in [0.15, 0.2) is 0 Å². The zero-order valence-electron chi connectivity index (χ0n) is 14.8. The normalized spacial score (nSPS) is 32.7. The monoisotopic (exact) mass is 390 g/mol. The highest BCUT2D eigenvalue weighted by molar-refractivity contribution is 8.77. The zero-order chi connectivity index (χ0) is 18.0. The minimum atomic E-state index is -0.309. The first-order chi connectivity index (χ1) is 12.6. The number of furan rings is 2. The lowest BCUT2D eigenvalue weighted by Crippen LogP contribution is -2.38. The molecular weight excluding hydrogens is 368 g/mol. The first kappa shape index (κ1) is 17.7. The molecule has 4 nitrogen and oxygen atoms in total. The Bertz CT molecular complexity index is 702. The molecule has 0 bridgehead atoms. The Morgan fingerprint density at radius 3 is 1.65 bits per heavy atom. The summed E-state index contributed by atoms with van der Waals surface area (Å²) >= 11 is 0. The Hall–Kier alpha value is -1.66. The Morgan fingerprint density at radius 2 is 1.27 bits per heavy atom. The number of hydrogen-bond donors (Lipinski definition) is 0. The molecule has 4 atom stereocenters. The van der Waals surface area contributed by atoms with Crippen molar-refractivity contribution >= 4 is 21.6 Å². The predicted octanol–water partition coefficient (Wildman–Crippen LogP) is 5.38. The molecule has 0 spiro atoms. The third-order valence-electron chi connectivity index (χ3n) is 4.86. The van der Waals surface area contributed by atoms with Crippen molar-refractivity contribution < 1.29 is 18.3 Å². The van der Waals surface area contributed by atoms with E-state index in [4.69, 9.17) is 18.3 Å². The molecule has 0 saturated heterocycles. The summed E-state index contributed by atoms with van der Waals surface area (Å²) in [5.41, 5.74) is -0.619. The SMILES string of the molecule is CC1(Cc2ccco2)OC=CC1SSC1C=COC1(C)Cc1ccco1. The summed E-state index contributed by atoms with van der Waals surface area (Å²) in [4.78, 5) is 0. The van der Waals surface area contributed by atoms with Crippen LogP contribution in [0.1, 0.15) is 25.4 Å². The average molecular weight is 391 g/mol. The molecule has 0 saturated carbocycles. The summed E-state index contributed by atoms with van der Waals surface area (Å²) in [6.45, 7) is 4.27. The van der Waals surface area contributed by atoms with Gasteiger partial charge in [-0.2, -0.15) is 0 Å². The van der Waals surface area contributed by atoms with Crippen molar-refractivity contribution in [3.05, 3.63) is 73.0 Å². The highest BCUT2D eigenvalue weighted by Gasteiger charge is 2.43. The van der Waals surface area contributed by atoms with Gasteiger partial charge in [-0.25, -0.2) is 0 Å². The van der Waals surface area contributed by atoms with Crippen LogP contribution in [-0.2, 0) is 22.3 Å². The van der Waals surface area contributed by atoms with E-state index in [1.807, 2.05) is 58.4 Å². The Balaban J connectivity index is 1.39. The first-order valence-corrected chi connectivity index (χ1v) is 10.9. The molecule has 26 heavy (non-hydrogen) atoms. The molecule has 4 heterocycles. The maximum absolute atomic E-state index is 5.94. The lowest BCUT2D eigenvalue weighted by atomic mass is 9.97.